The van der Waals surface area contributed by atoms with E-state index in [-0.39, 0.29) is 24.0 Å². The number of aliphatic imine (C=N–C) groups is 1. The first kappa shape index (κ1) is 22.6. The summed E-state index contributed by atoms with van der Waals surface area (Å²) in [5.74, 6) is 1.87. The molecule has 2 aromatic rings. The number of piperazine rings is 1. The summed E-state index contributed by atoms with van der Waals surface area (Å²) in [4.78, 5) is 15.6. The number of nitrogens with zero attached hydrogens (tertiary/aromatic N) is 6. The number of hydrogen-bond acceptors (Lipinski definition) is 4. The zero-order chi connectivity index (χ0) is 19.4. The highest BCUT2D eigenvalue weighted by molar-refractivity contribution is 14.0. The number of rotatable bonds is 4. The average Bonchev–Trinajstić information content (AvgIpc) is 3.03. The first-order chi connectivity index (χ1) is 13.0. The Kier molecular flexibility index (Phi) is 8.23. The van der Waals surface area contributed by atoms with Gasteiger partial charge in [0.1, 0.15) is 0 Å². The van der Waals surface area contributed by atoms with Crippen molar-refractivity contribution in [2.45, 2.75) is 6.54 Å². The lowest BCUT2D eigenvalue weighted by molar-refractivity contribution is 0.372. The van der Waals surface area contributed by atoms with E-state index < -0.39 is 0 Å². The molecule has 1 fully saturated rings. The standard InChI is InChI=1S/C19H28ClN7.HI/c1-21-18(22-13-17-14-23-19(24(2)3)25(17)4)27-10-8-26(9-11-27)16-7-5-6-15(20)12-16;/h5-7,12,14H,8-11,13H2,1-4H3,(H,21,22);1H. The van der Waals surface area contributed by atoms with Gasteiger partial charge in [-0.15, -0.1) is 24.0 Å². The lowest BCUT2D eigenvalue weighted by atomic mass is 10.2. The quantitative estimate of drug-likeness (QED) is 0.384. The van der Waals surface area contributed by atoms with Gasteiger partial charge < -0.3 is 24.6 Å². The second kappa shape index (κ2) is 10.2. The van der Waals surface area contributed by atoms with Gasteiger partial charge in [-0.2, -0.15) is 0 Å². The molecule has 1 saturated heterocycles. The molecule has 1 aliphatic heterocycles. The molecule has 1 N–H and O–H groups in total. The molecule has 154 valence electrons. The van der Waals surface area contributed by atoms with Crippen LogP contribution in [0.2, 0.25) is 5.02 Å². The van der Waals surface area contributed by atoms with E-state index in [4.69, 9.17) is 11.6 Å². The van der Waals surface area contributed by atoms with Gasteiger partial charge in [-0.3, -0.25) is 4.99 Å². The third-order valence-corrected chi connectivity index (χ3v) is 5.09. The minimum Gasteiger partial charge on any atom is -0.368 e. The maximum absolute atomic E-state index is 6.12. The van der Waals surface area contributed by atoms with E-state index in [1.165, 1.54) is 5.69 Å². The molecule has 2 heterocycles. The predicted molar refractivity (Wildman–Crippen MR) is 128 cm³/mol. The van der Waals surface area contributed by atoms with Gasteiger partial charge in [0, 0.05) is 65.1 Å². The molecule has 3 rings (SSSR count). The third kappa shape index (κ3) is 5.22. The third-order valence-electron chi connectivity index (χ3n) is 4.85. The lowest BCUT2D eigenvalue weighted by Crippen LogP contribution is -2.52. The van der Waals surface area contributed by atoms with Crippen LogP contribution >= 0.6 is 35.6 Å². The number of anilines is 2. The summed E-state index contributed by atoms with van der Waals surface area (Å²) < 4.78 is 2.09. The van der Waals surface area contributed by atoms with Crippen LogP contribution in [0.4, 0.5) is 11.6 Å². The van der Waals surface area contributed by atoms with Crippen molar-refractivity contribution in [1.82, 2.24) is 19.8 Å². The monoisotopic (exact) mass is 517 g/mol. The molecule has 0 saturated carbocycles. The van der Waals surface area contributed by atoms with E-state index in [0.29, 0.717) is 6.54 Å². The number of nitrogens with one attached hydrogen (secondary N) is 1. The Morgan fingerprint density at radius 2 is 1.96 bits per heavy atom. The van der Waals surface area contributed by atoms with E-state index in [2.05, 4.69) is 35.7 Å². The van der Waals surface area contributed by atoms with Crippen molar-refractivity contribution in [2.75, 3.05) is 57.1 Å². The first-order valence-electron chi connectivity index (χ1n) is 9.13. The number of aromatic nitrogens is 2. The van der Waals surface area contributed by atoms with Gasteiger partial charge >= 0.3 is 0 Å². The Morgan fingerprint density at radius 3 is 2.54 bits per heavy atom. The molecule has 0 spiro atoms. The molecule has 9 heteroatoms. The summed E-state index contributed by atoms with van der Waals surface area (Å²) >= 11 is 6.12. The lowest BCUT2D eigenvalue weighted by Gasteiger charge is -2.37. The van der Waals surface area contributed by atoms with Crippen LogP contribution in [-0.2, 0) is 13.6 Å². The Bertz CT molecular complexity index is 797. The molecule has 0 radical (unpaired) electrons. The fourth-order valence-electron chi connectivity index (χ4n) is 3.36. The van der Waals surface area contributed by atoms with E-state index in [9.17, 15) is 0 Å². The number of halogens is 2. The van der Waals surface area contributed by atoms with Crippen molar-refractivity contribution in [1.29, 1.82) is 0 Å². The highest BCUT2D eigenvalue weighted by Gasteiger charge is 2.20. The highest BCUT2D eigenvalue weighted by atomic mass is 127. The SMILES string of the molecule is CN=C(NCc1cnc(N(C)C)n1C)N1CCN(c2cccc(Cl)c2)CC1.I. The number of benzene rings is 1. The molecule has 0 amide bonds. The number of imidazole rings is 1. The molecule has 1 aromatic heterocycles. The minimum absolute atomic E-state index is 0. The normalized spacial score (nSPS) is 14.7. The van der Waals surface area contributed by atoms with Crippen molar-refractivity contribution in [3.05, 3.63) is 41.2 Å². The van der Waals surface area contributed by atoms with Crippen molar-refractivity contribution in [3.8, 4) is 0 Å². The topological polar surface area (TPSA) is 51.9 Å². The summed E-state index contributed by atoms with van der Waals surface area (Å²) in [7, 11) is 7.86. The highest BCUT2D eigenvalue weighted by Crippen LogP contribution is 2.20. The molecule has 0 unspecified atom stereocenters. The van der Waals surface area contributed by atoms with Gasteiger partial charge in [0.2, 0.25) is 5.95 Å². The molecule has 28 heavy (non-hydrogen) atoms. The summed E-state index contributed by atoms with van der Waals surface area (Å²) in [6, 6.07) is 8.04. The number of hydrogen-bond donors (Lipinski definition) is 1. The predicted octanol–water partition coefficient (Wildman–Crippen LogP) is 2.66. The second-order valence-electron chi connectivity index (χ2n) is 6.86. The largest absolute Gasteiger partial charge is 0.368 e. The van der Waals surface area contributed by atoms with Crippen LogP contribution in [0.25, 0.3) is 0 Å². The van der Waals surface area contributed by atoms with Crippen LogP contribution in [0, 0.1) is 0 Å². The molecule has 0 bridgehead atoms. The Balaban J connectivity index is 0.00000280. The van der Waals surface area contributed by atoms with Gasteiger partial charge in [-0.25, -0.2) is 4.98 Å². The van der Waals surface area contributed by atoms with Crippen LogP contribution in [0.15, 0.2) is 35.5 Å². The van der Waals surface area contributed by atoms with E-state index in [1.54, 1.807) is 0 Å². The van der Waals surface area contributed by atoms with Gasteiger partial charge in [-0.1, -0.05) is 17.7 Å². The molecule has 0 aliphatic carbocycles. The maximum Gasteiger partial charge on any atom is 0.204 e. The molecule has 1 aliphatic rings. The van der Waals surface area contributed by atoms with Gasteiger partial charge in [0.05, 0.1) is 18.4 Å². The maximum atomic E-state index is 6.12. The summed E-state index contributed by atoms with van der Waals surface area (Å²) in [5, 5.41) is 4.25. The smallest absolute Gasteiger partial charge is 0.204 e. The Labute approximate surface area is 189 Å². The minimum atomic E-state index is 0. The van der Waals surface area contributed by atoms with Crippen molar-refractivity contribution < 1.29 is 0 Å². The molecular weight excluding hydrogens is 489 g/mol. The average molecular weight is 518 g/mol. The Morgan fingerprint density at radius 1 is 1.25 bits per heavy atom. The van der Waals surface area contributed by atoms with Crippen LogP contribution in [0.3, 0.4) is 0 Å². The summed E-state index contributed by atoms with van der Waals surface area (Å²) in [5.41, 5.74) is 2.30. The molecule has 1 aromatic carbocycles. The van der Waals surface area contributed by atoms with Crippen LogP contribution in [-0.4, -0.2) is 67.7 Å². The fourth-order valence-corrected chi connectivity index (χ4v) is 3.55. The molecular formula is C19H29ClIN7. The van der Waals surface area contributed by atoms with Crippen LogP contribution in [0.5, 0.6) is 0 Å². The van der Waals surface area contributed by atoms with Crippen molar-refractivity contribution >= 4 is 53.2 Å². The van der Waals surface area contributed by atoms with E-state index >= 15 is 0 Å². The molecule has 7 nitrogen and oxygen atoms in total. The summed E-state index contributed by atoms with van der Waals surface area (Å²) in [6.45, 7) is 4.41. The van der Waals surface area contributed by atoms with Gasteiger partial charge in [-0.05, 0) is 18.2 Å². The Hall–Kier alpha value is -1.68. The van der Waals surface area contributed by atoms with Crippen molar-refractivity contribution in [3.63, 3.8) is 0 Å². The van der Waals surface area contributed by atoms with Crippen molar-refractivity contribution in [2.24, 2.45) is 12.0 Å². The first-order valence-corrected chi connectivity index (χ1v) is 9.51. The second-order valence-corrected chi connectivity index (χ2v) is 7.29. The zero-order valence-corrected chi connectivity index (χ0v) is 20.0. The van der Waals surface area contributed by atoms with Crippen LogP contribution < -0.4 is 15.1 Å². The summed E-state index contributed by atoms with van der Waals surface area (Å²) in [6.07, 6.45) is 1.91. The van der Waals surface area contributed by atoms with Gasteiger partial charge in [0.15, 0.2) is 5.96 Å². The fraction of sp³-hybridized carbons (Fsp3) is 0.474. The van der Waals surface area contributed by atoms with E-state index in [0.717, 1.165) is 48.8 Å². The number of guanidine groups is 1. The molecule has 0 atom stereocenters. The van der Waals surface area contributed by atoms with Crippen LogP contribution in [0.1, 0.15) is 5.69 Å². The zero-order valence-electron chi connectivity index (χ0n) is 16.9. The van der Waals surface area contributed by atoms with Gasteiger partial charge in [0.25, 0.3) is 0 Å². The van der Waals surface area contributed by atoms with E-state index in [1.807, 2.05) is 57.5 Å².